The zero-order valence-electron chi connectivity index (χ0n) is 11.6. The summed E-state index contributed by atoms with van der Waals surface area (Å²) >= 11 is 7.66. The van der Waals surface area contributed by atoms with Gasteiger partial charge in [0.15, 0.2) is 0 Å². The molecule has 0 bridgehead atoms. The highest BCUT2D eigenvalue weighted by atomic mass is 35.5. The van der Waals surface area contributed by atoms with Gasteiger partial charge in [-0.25, -0.2) is 0 Å². The molecule has 1 aromatic carbocycles. The van der Waals surface area contributed by atoms with Crippen molar-refractivity contribution in [2.24, 2.45) is 0 Å². The van der Waals surface area contributed by atoms with Crippen LogP contribution in [-0.2, 0) is 11.2 Å². The van der Waals surface area contributed by atoms with Gasteiger partial charge in [-0.05, 0) is 24.6 Å². The van der Waals surface area contributed by atoms with Crippen LogP contribution in [0.25, 0.3) is 10.6 Å². The van der Waals surface area contributed by atoms with E-state index in [1.165, 1.54) is 0 Å². The monoisotopic (exact) mass is 311 g/mol. The molecule has 4 nitrogen and oxygen atoms in total. The van der Waals surface area contributed by atoms with E-state index >= 15 is 0 Å². The number of rotatable bonds is 7. The van der Waals surface area contributed by atoms with Crippen LogP contribution in [0, 0.1) is 6.92 Å². The summed E-state index contributed by atoms with van der Waals surface area (Å²) in [4.78, 5) is 0. The van der Waals surface area contributed by atoms with Gasteiger partial charge in [-0.2, -0.15) is 0 Å². The molecule has 0 aliphatic rings. The molecule has 2 rings (SSSR count). The fourth-order valence-corrected chi connectivity index (χ4v) is 2.88. The van der Waals surface area contributed by atoms with Crippen LogP contribution in [0.5, 0.6) is 0 Å². The molecule has 0 saturated heterocycles. The SMILES string of the molecule is COCCNCCc1nnc(-c2cc(Cl)ccc2C)s1. The van der Waals surface area contributed by atoms with Crippen LogP contribution in [0.4, 0.5) is 0 Å². The van der Waals surface area contributed by atoms with Crippen molar-refractivity contribution in [3.05, 3.63) is 33.8 Å². The van der Waals surface area contributed by atoms with Crippen LogP contribution in [0.15, 0.2) is 18.2 Å². The Morgan fingerprint density at radius 2 is 2.15 bits per heavy atom. The van der Waals surface area contributed by atoms with E-state index in [0.717, 1.165) is 52.3 Å². The Balaban J connectivity index is 1.96. The Kier molecular flexibility index (Phi) is 5.91. The summed E-state index contributed by atoms with van der Waals surface area (Å²) in [6.07, 6.45) is 0.876. The number of nitrogens with one attached hydrogen (secondary N) is 1. The third-order valence-corrected chi connectivity index (χ3v) is 4.15. The maximum Gasteiger partial charge on any atom is 0.148 e. The maximum absolute atomic E-state index is 6.04. The molecule has 1 aromatic heterocycles. The summed E-state index contributed by atoms with van der Waals surface area (Å²) in [5.41, 5.74) is 2.23. The van der Waals surface area contributed by atoms with Crippen LogP contribution in [0.3, 0.4) is 0 Å². The molecule has 0 radical (unpaired) electrons. The average molecular weight is 312 g/mol. The minimum absolute atomic E-state index is 0.725. The van der Waals surface area contributed by atoms with Crippen LogP contribution in [-0.4, -0.2) is 37.0 Å². The number of hydrogen-bond donors (Lipinski definition) is 1. The van der Waals surface area contributed by atoms with Crippen molar-refractivity contribution in [2.45, 2.75) is 13.3 Å². The summed E-state index contributed by atoms with van der Waals surface area (Å²) in [6, 6.07) is 5.84. The minimum Gasteiger partial charge on any atom is -0.383 e. The Hall–Kier alpha value is -1.01. The van der Waals surface area contributed by atoms with Crippen LogP contribution in [0.1, 0.15) is 10.6 Å². The topological polar surface area (TPSA) is 47.0 Å². The Bertz CT molecular complexity index is 559. The number of hydrogen-bond acceptors (Lipinski definition) is 5. The third-order valence-electron chi connectivity index (χ3n) is 2.90. The van der Waals surface area contributed by atoms with E-state index in [4.69, 9.17) is 16.3 Å². The van der Waals surface area contributed by atoms with Crippen molar-refractivity contribution in [1.29, 1.82) is 0 Å². The van der Waals surface area contributed by atoms with Gasteiger partial charge in [-0.15, -0.1) is 10.2 Å². The van der Waals surface area contributed by atoms with Crippen LogP contribution in [0.2, 0.25) is 5.02 Å². The fourth-order valence-electron chi connectivity index (χ4n) is 1.78. The molecule has 0 amide bonds. The lowest BCUT2D eigenvalue weighted by atomic mass is 10.1. The molecule has 0 atom stereocenters. The molecule has 0 saturated carbocycles. The summed E-state index contributed by atoms with van der Waals surface area (Å²) in [6.45, 7) is 4.52. The van der Waals surface area contributed by atoms with Crippen molar-refractivity contribution in [2.75, 3.05) is 26.8 Å². The van der Waals surface area contributed by atoms with Gasteiger partial charge in [-0.1, -0.05) is 29.0 Å². The normalized spacial score (nSPS) is 10.9. The molecule has 20 heavy (non-hydrogen) atoms. The number of ether oxygens (including phenoxy) is 1. The van der Waals surface area contributed by atoms with Gasteiger partial charge in [0.25, 0.3) is 0 Å². The van der Waals surface area contributed by atoms with Crippen molar-refractivity contribution in [1.82, 2.24) is 15.5 Å². The maximum atomic E-state index is 6.04. The lowest BCUT2D eigenvalue weighted by Gasteiger charge is -2.02. The van der Waals surface area contributed by atoms with E-state index in [1.807, 2.05) is 18.2 Å². The quantitative estimate of drug-likeness (QED) is 0.799. The molecule has 0 aliphatic heterocycles. The molecule has 0 spiro atoms. The Morgan fingerprint density at radius 1 is 1.30 bits per heavy atom. The van der Waals surface area contributed by atoms with Gasteiger partial charge >= 0.3 is 0 Å². The second kappa shape index (κ2) is 7.69. The number of nitrogens with zero attached hydrogens (tertiary/aromatic N) is 2. The van der Waals surface area contributed by atoms with Crippen LogP contribution < -0.4 is 5.32 Å². The summed E-state index contributed by atoms with van der Waals surface area (Å²) in [5, 5.41) is 14.5. The van der Waals surface area contributed by atoms with Crippen LogP contribution >= 0.6 is 22.9 Å². The van der Waals surface area contributed by atoms with Crippen molar-refractivity contribution < 1.29 is 4.74 Å². The number of halogens is 1. The molecule has 1 heterocycles. The van der Waals surface area contributed by atoms with Gasteiger partial charge in [0.2, 0.25) is 0 Å². The first-order valence-corrected chi connectivity index (χ1v) is 7.68. The molecule has 6 heteroatoms. The standard InChI is InChI=1S/C14H18ClN3OS/c1-10-3-4-11(15)9-12(10)14-18-17-13(20-14)5-6-16-7-8-19-2/h3-4,9,16H,5-8H2,1-2H3. The highest BCUT2D eigenvalue weighted by Gasteiger charge is 2.09. The van der Waals surface area contributed by atoms with Crippen molar-refractivity contribution >= 4 is 22.9 Å². The molecular weight excluding hydrogens is 294 g/mol. The lowest BCUT2D eigenvalue weighted by Crippen LogP contribution is -2.21. The van der Waals surface area contributed by atoms with Gasteiger partial charge in [0.1, 0.15) is 10.0 Å². The molecule has 2 aromatic rings. The second-order valence-corrected chi connectivity index (χ2v) is 5.95. The number of aromatic nitrogens is 2. The molecule has 0 aliphatic carbocycles. The lowest BCUT2D eigenvalue weighted by molar-refractivity contribution is 0.199. The first kappa shape index (κ1) is 15.4. The summed E-state index contributed by atoms with van der Waals surface area (Å²) in [7, 11) is 1.70. The Labute approximate surface area is 128 Å². The summed E-state index contributed by atoms with van der Waals surface area (Å²) in [5.74, 6) is 0. The first-order valence-electron chi connectivity index (χ1n) is 6.49. The molecule has 108 valence electrons. The summed E-state index contributed by atoms with van der Waals surface area (Å²) < 4.78 is 4.98. The van der Waals surface area contributed by atoms with E-state index in [9.17, 15) is 0 Å². The zero-order chi connectivity index (χ0) is 14.4. The fraction of sp³-hybridized carbons (Fsp3) is 0.429. The second-order valence-electron chi connectivity index (χ2n) is 4.45. The van der Waals surface area contributed by atoms with Crippen molar-refractivity contribution in [3.63, 3.8) is 0 Å². The number of aryl methyl sites for hydroxylation is 1. The van der Waals surface area contributed by atoms with E-state index in [-0.39, 0.29) is 0 Å². The molecule has 0 fully saturated rings. The highest BCUT2D eigenvalue weighted by Crippen LogP contribution is 2.29. The predicted molar refractivity (Wildman–Crippen MR) is 83.5 cm³/mol. The third kappa shape index (κ3) is 4.24. The highest BCUT2D eigenvalue weighted by molar-refractivity contribution is 7.14. The molecular formula is C14H18ClN3OS. The average Bonchev–Trinajstić information content (AvgIpc) is 2.90. The Morgan fingerprint density at radius 3 is 2.95 bits per heavy atom. The number of methoxy groups -OCH3 is 1. The first-order chi connectivity index (χ1) is 9.70. The van der Waals surface area contributed by atoms with Gasteiger partial charge in [0, 0.05) is 37.2 Å². The van der Waals surface area contributed by atoms with Gasteiger partial charge in [0.05, 0.1) is 6.61 Å². The van der Waals surface area contributed by atoms with E-state index in [0.29, 0.717) is 0 Å². The smallest absolute Gasteiger partial charge is 0.148 e. The van der Waals surface area contributed by atoms with E-state index in [1.54, 1.807) is 18.4 Å². The minimum atomic E-state index is 0.725. The molecule has 0 unspecified atom stereocenters. The largest absolute Gasteiger partial charge is 0.383 e. The zero-order valence-corrected chi connectivity index (χ0v) is 13.2. The molecule has 1 N–H and O–H groups in total. The predicted octanol–water partition coefficient (Wildman–Crippen LogP) is 2.95. The van der Waals surface area contributed by atoms with Gasteiger partial charge < -0.3 is 10.1 Å². The van der Waals surface area contributed by atoms with Gasteiger partial charge in [-0.3, -0.25) is 0 Å². The van der Waals surface area contributed by atoms with Crippen molar-refractivity contribution in [3.8, 4) is 10.6 Å². The number of benzene rings is 1. The van der Waals surface area contributed by atoms with E-state index in [2.05, 4.69) is 22.4 Å². The van der Waals surface area contributed by atoms with E-state index < -0.39 is 0 Å².